The van der Waals surface area contributed by atoms with Crippen LogP contribution in [-0.2, 0) is 6.54 Å². The standard InChI is InChI=1S/C13H21N3O/c1-17-13-10(4-3-7-15-13)9-16-12-6-2-5-11(14)8-12/h3-4,7,11-12,16H,2,5-6,8-9,14H2,1H3. The van der Waals surface area contributed by atoms with E-state index in [1.165, 1.54) is 12.8 Å². The van der Waals surface area contributed by atoms with Gasteiger partial charge in [-0.15, -0.1) is 0 Å². The number of pyridine rings is 1. The molecule has 0 radical (unpaired) electrons. The SMILES string of the molecule is COc1ncccc1CNC1CCCC(N)C1. The zero-order valence-corrected chi connectivity index (χ0v) is 10.4. The minimum atomic E-state index is 0.358. The quantitative estimate of drug-likeness (QED) is 0.829. The molecule has 3 N–H and O–H groups in total. The lowest BCUT2D eigenvalue weighted by Gasteiger charge is -2.27. The van der Waals surface area contributed by atoms with Crippen molar-refractivity contribution in [2.45, 2.75) is 44.3 Å². The van der Waals surface area contributed by atoms with Gasteiger partial charge in [0, 0.05) is 30.4 Å². The summed E-state index contributed by atoms with van der Waals surface area (Å²) < 4.78 is 5.23. The molecule has 1 aliphatic rings. The Hall–Kier alpha value is -1.13. The van der Waals surface area contributed by atoms with Crippen LogP contribution in [0.3, 0.4) is 0 Å². The van der Waals surface area contributed by atoms with Crippen molar-refractivity contribution in [3.63, 3.8) is 0 Å². The molecular formula is C13H21N3O. The second-order valence-electron chi connectivity index (χ2n) is 4.68. The van der Waals surface area contributed by atoms with Gasteiger partial charge in [-0.2, -0.15) is 0 Å². The smallest absolute Gasteiger partial charge is 0.217 e. The zero-order chi connectivity index (χ0) is 12.1. The first-order chi connectivity index (χ1) is 8.29. The highest BCUT2D eigenvalue weighted by Crippen LogP contribution is 2.19. The van der Waals surface area contributed by atoms with Gasteiger partial charge in [0.05, 0.1) is 7.11 Å². The lowest BCUT2D eigenvalue weighted by molar-refractivity contribution is 0.334. The second-order valence-corrected chi connectivity index (χ2v) is 4.68. The molecule has 1 aromatic heterocycles. The largest absolute Gasteiger partial charge is 0.481 e. The number of aromatic nitrogens is 1. The monoisotopic (exact) mass is 235 g/mol. The van der Waals surface area contributed by atoms with E-state index in [9.17, 15) is 0 Å². The molecule has 4 nitrogen and oxygen atoms in total. The summed E-state index contributed by atoms with van der Waals surface area (Å²) >= 11 is 0. The molecule has 1 aliphatic carbocycles. The molecule has 0 saturated heterocycles. The van der Waals surface area contributed by atoms with Crippen LogP contribution in [0.1, 0.15) is 31.2 Å². The zero-order valence-electron chi connectivity index (χ0n) is 10.4. The van der Waals surface area contributed by atoms with Gasteiger partial charge in [-0.25, -0.2) is 4.98 Å². The van der Waals surface area contributed by atoms with Crippen LogP contribution >= 0.6 is 0 Å². The lowest BCUT2D eigenvalue weighted by atomic mass is 9.91. The highest BCUT2D eigenvalue weighted by molar-refractivity contribution is 5.25. The predicted octanol–water partition coefficient (Wildman–Crippen LogP) is 1.45. The molecule has 2 atom stereocenters. The summed E-state index contributed by atoms with van der Waals surface area (Å²) in [5, 5.41) is 3.54. The molecule has 2 rings (SSSR count). The summed E-state index contributed by atoms with van der Waals surface area (Å²) in [6, 6.07) is 4.87. The normalized spacial score (nSPS) is 24.6. The van der Waals surface area contributed by atoms with Crippen molar-refractivity contribution < 1.29 is 4.74 Å². The Bertz CT molecular complexity index is 356. The third-order valence-electron chi connectivity index (χ3n) is 3.34. The number of ether oxygens (including phenoxy) is 1. The van der Waals surface area contributed by atoms with Crippen molar-refractivity contribution in [1.82, 2.24) is 10.3 Å². The van der Waals surface area contributed by atoms with Gasteiger partial charge in [0.25, 0.3) is 0 Å². The second kappa shape index (κ2) is 5.98. The van der Waals surface area contributed by atoms with Crippen molar-refractivity contribution in [2.24, 2.45) is 5.73 Å². The van der Waals surface area contributed by atoms with E-state index in [1.54, 1.807) is 13.3 Å². The van der Waals surface area contributed by atoms with Crippen LogP contribution in [0.2, 0.25) is 0 Å². The van der Waals surface area contributed by atoms with Gasteiger partial charge in [0.2, 0.25) is 5.88 Å². The molecule has 94 valence electrons. The summed E-state index contributed by atoms with van der Waals surface area (Å²) in [5.74, 6) is 0.708. The predicted molar refractivity (Wildman–Crippen MR) is 67.9 cm³/mol. The minimum Gasteiger partial charge on any atom is -0.481 e. The van der Waals surface area contributed by atoms with Crippen LogP contribution in [0, 0.1) is 0 Å². The molecular weight excluding hydrogens is 214 g/mol. The third kappa shape index (κ3) is 3.41. The number of rotatable bonds is 4. The van der Waals surface area contributed by atoms with Gasteiger partial charge in [-0.3, -0.25) is 0 Å². The summed E-state index contributed by atoms with van der Waals surface area (Å²) in [5.41, 5.74) is 7.08. The average Bonchev–Trinajstić information content (AvgIpc) is 2.37. The Morgan fingerprint density at radius 1 is 1.53 bits per heavy atom. The first-order valence-electron chi connectivity index (χ1n) is 6.26. The topological polar surface area (TPSA) is 60.2 Å². The average molecular weight is 235 g/mol. The van der Waals surface area contributed by atoms with Gasteiger partial charge in [0.1, 0.15) is 0 Å². The minimum absolute atomic E-state index is 0.358. The Labute approximate surface area is 103 Å². The van der Waals surface area contributed by atoms with Gasteiger partial charge < -0.3 is 15.8 Å². The van der Waals surface area contributed by atoms with Crippen molar-refractivity contribution in [1.29, 1.82) is 0 Å². The van der Waals surface area contributed by atoms with Crippen LogP contribution in [0.5, 0.6) is 5.88 Å². The first-order valence-corrected chi connectivity index (χ1v) is 6.26. The number of hydrogen-bond donors (Lipinski definition) is 2. The number of hydrogen-bond acceptors (Lipinski definition) is 4. The summed E-state index contributed by atoms with van der Waals surface area (Å²) in [6.45, 7) is 0.800. The van der Waals surface area contributed by atoms with E-state index in [-0.39, 0.29) is 0 Å². The van der Waals surface area contributed by atoms with Crippen molar-refractivity contribution in [3.8, 4) is 5.88 Å². The van der Waals surface area contributed by atoms with E-state index in [4.69, 9.17) is 10.5 Å². The molecule has 1 fully saturated rings. The Balaban J connectivity index is 1.88. The van der Waals surface area contributed by atoms with Crippen molar-refractivity contribution >= 4 is 0 Å². The maximum Gasteiger partial charge on any atom is 0.217 e. The van der Waals surface area contributed by atoms with E-state index < -0.39 is 0 Å². The third-order valence-corrected chi connectivity index (χ3v) is 3.34. The first kappa shape index (κ1) is 12.3. The lowest BCUT2D eigenvalue weighted by Crippen LogP contribution is -2.39. The highest BCUT2D eigenvalue weighted by atomic mass is 16.5. The molecule has 1 saturated carbocycles. The van der Waals surface area contributed by atoms with E-state index in [0.29, 0.717) is 18.0 Å². The maximum absolute atomic E-state index is 5.97. The molecule has 2 unspecified atom stereocenters. The molecule has 0 spiro atoms. The van der Waals surface area contributed by atoms with Crippen molar-refractivity contribution in [2.75, 3.05) is 7.11 Å². The van der Waals surface area contributed by atoms with Crippen LogP contribution in [0.4, 0.5) is 0 Å². The van der Waals surface area contributed by atoms with Crippen LogP contribution in [0.15, 0.2) is 18.3 Å². The fourth-order valence-electron chi connectivity index (χ4n) is 2.41. The van der Waals surface area contributed by atoms with Gasteiger partial charge in [0.15, 0.2) is 0 Å². The summed E-state index contributed by atoms with van der Waals surface area (Å²) in [7, 11) is 1.66. The molecule has 0 bridgehead atoms. The summed E-state index contributed by atoms with van der Waals surface area (Å²) in [4.78, 5) is 4.19. The van der Waals surface area contributed by atoms with Crippen molar-refractivity contribution in [3.05, 3.63) is 23.9 Å². The van der Waals surface area contributed by atoms with E-state index in [1.807, 2.05) is 12.1 Å². The fraction of sp³-hybridized carbons (Fsp3) is 0.615. The van der Waals surface area contributed by atoms with Crippen LogP contribution in [0.25, 0.3) is 0 Å². The van der Waals surface area contributed by atoms with E-state index in [2.05, 4.69) is 10.3 Å². The van der Waals surface area contributed by atoms with E-state index in [0.717, 1.165) is 24.9 Å². The van der Waals surface area contributed by atoms with E-state index >= 15 is 0 Å². The Morgan fingerprint density at radius 2 is 2.41 bits per heavy atom. The van der Waals surface area contributed by atoms with Crippen LogP contribution < -0.4 is 15.8 Å². The fourth-order valence-corrected chi connectivity index (χ4v) is 2.41. The highest BCUT2D eigenvalue weighted by Gasteiger charge is 2.18. The van der Waals surface area contributed by atoms with Gasteiger partial charge >= 0.3 is 0 Å². The number of methoxy groups -OCH3 is 1. The summed E-state index contributed by atoms with van der Waals surface area (Å²) in [6.07, 6.45) is 6.43. The maximum atomic E-state index is 5.97. The molecule has 0 aliphatic heterocycles. The number of nitrogens with zero attached hydrogens (tertiary/aromatic N) is 1. The number of nitrogens with one attached hydrogen (secondary N) is 1. The Kier molecular flexibility index (Phi) is 4.34. The van der Waals surface area contributed by atoms with Crippen LogP contribution in [-0.4, -0.2) is 24.2 Å². The molecule has 0 aromatic carbocycles. The molecule has 1 heterocycles. The van der Waals surface area contributed by atoms with Gasteiger partial charge in [-0.1, -0.05) is 12.5 Å². The molecule has 17 heavy (non-hydrogen) atoms. The molecule has 0 amide bonds. The molecule has 4 heteroatoms. The molecule has 1 aromatic rings. The van der Waals surface area contributed by atoms with Gasteiger partial charge in [-0.05, 0) is 25.3 Å². The Morgan fingerprint density at radius 3 is 3.18 bits per heavy atom. The number of nitrogens with two attached hydrogens (primary N) is 1.